The van der Waals surface area contributed by atoms with Gasteiger partial charge in [-0.05, 0) is 62.4 Å². The number of likely N-dealkylation sites (tertiary alicyclic amines) is 1. The molecule has 3 nitrogen and oxygen atoms in total. The zero-order valence-electron chi connectivity index (χ0n) is 13.7. The number of carbonyl (C=O) groups is 1. The fourth-order valence-electron chi connectivity index (χ4n) is 3.01. The second-order valence-corrected chi connectivity index (χ2v) is 7.07. The van der Waals surface area contributed by atoms with Crippen molar-refractivity contribution < 1.29 is 4.79 Å². The highest BCUT2D eigenvalue weighted by atomic mass is 79.9. The van der Waals surface area contributed by atoms with E-state index < -0.39 is 0 Å². The lowest BCUT2D eigenvalue weighted by molar-refractivity contribution is -0.132. The zero-order valence-corrected chi connectivity index (χ0v) is 15.3. The molecule has 22 heavy (non-hydrogen) atoms. The first-order valence-electron chi connectivity index (χ1n) is 8.33. The van der Waals surface area contributed by atoms with Crippen LogP contribution in [0.4, 0.5) is 0 Å². The van der Waals surface area contributed by atoms with E-state index in [0.29, 0.717) is 12.3 Å². The molecule has 1 heterocycles. The van der Waals surface area contributed by atoms with Gasteiger partial charge in [0, 0.05) is 24.0 Å². The van der Waals surface area contributed by atoms with Gasteiger partial charge in [0.15, 0.2) is 0 Å². The highest BCUT2D eigenvalue weighted by Gasteiger charge is 2.22. The molecule has 1 aromatic rings. The molecular weight excluding hydrogens is 340 g/mol. The van der Waals surface area contributed by atoms with Gasteiger partial charge in [0.1, 0.15) is 0 Å². The van der Waals surface area contributed by atoms with E-state index in [0.717, 1.165) is 55.8 Å². The van der Waals surface area contributed by atoms with E-state index in [1.165, 1.54) is 11.1 Å². The van der Waals surface area contributed by atoms with Crippen molar-refractivity contribution in [1.29, 1.82) is 0 Å². The summed E-state index contributed by atoms with van der Waals surface area (Å²) < 4.78 is 1.13. The van der Waals surface area contributed by atoms with Crippen LogP contribution in [-0.2, 0) is 11.2 Å². The van der Waals surface area contributed by atoms with Gasteiger partial charge in [-0.1, -0.05) is 35.0 Å². The van der Waals surface area contributed by atoms with Crippen molar-refractivity contribution in [1.82, 2.24) is 10.2 Å². The van der Waals surface area contributed by atoms with E-state index in [2.05, 4.69) is 53.3 Å². The third-order valence-corrected chi connectivity index (χ3v) is 5.39. The molecule has 2 rings (SSSR count). The Morgan fingerprint density at radius 2 is 2.09 bits per heavy atom. The van der Waals surface area contributed by atoms with Crippen molar-refractivity contribution in [3.8, 4) is 0 Å². The van der Waals surface area contributed by atoms with Crippen LogP contribution in [0, 0.1) is 12.8 Å². The lowest BCUT2D eigenvalue weighted by Gasteiger charge is -2.32. The zero-order chi connectivity index (χ0) is 15.9. The van der Waals surface area contributed by atoms with Crippen LogP contribution in [0.3, 0.4) is 0 Å². The molecule has 0 aliphatic carbocycles. The van der Waals surface area contributed by atoms with Crippen LogP contribution in [0.1, 0.15) is 37.3 Å². The Balaban J connectivity index is 1.75. The maximum atomic E-state index is 12.3. The number of hydrogen-bond donors (Lipinski definition) is 1. The largest absolute Gasteiger partial charge is 0.343 e. The van der Waals surface area contributed by atoms with E-state index >= 15 is 0 Å². The highest BCUT2D eigenvalue weighted by Crippen LogP contribution is 2.20. The number of aryl methyl sites for hydroxylation is 2. The highest BCUT2D eigenvalue weighted by molar-refractivity contribution is 9.10. The van der Waals surface area contributed by atoms with Gasteiger partial charge in [0.05, 0.1) is 0 Å². The fraction of sp³-hybridized carbons (Fsp3) is 0.611. The third-order valence-electron chi connectivity index (χ3n) is 4.50. The van der Waals surface area contributed by atoms with Crippen molar-refractivity contribution in [2.75, 3.05) is 26.2 Å². The van der Waals surface area contributed by atoms with Gasteiger partial charge in [0.25, 0.3) is 0 Å². The molecule has 0 unspecified atom stereocenters. The third kappa shape index (κ3) is 5.10. The number of nitrogens with zero attached hydrogens (tertiary/aromatic N) is 1. The summed E-state index contributed by atoms with van der Waals surface area (Å²) in [5, 5.41) is 3.41. The average Bonchev–Trinajstić information content (AvgIpc) is 2.54. The molecule has 0 aromatic heterocycles. The molecule has 1 amide bonds. The summed E-state index contributed by atoms with van der Waals surface area (Å²) in [5.74, 6) is 1.04. The Kier molecular flexibility index (Phi) is 6.90. The molecule has 1 aliphatic rings. The first-order valence-corrected chi connectivity index (χ1v) is 9.13. The van der Waals surface area contributed by atoms with E-state index in [9.17, 15) is 4.79 Å². The van der Waals surface area contributed by atoms with Crippen LogP contribution in [0.25, 0.3) is 0 Å². The molecule has 0 bridgehead atoms. The number of nitrogens with one attached hydrogen (secondary N) is 1. The molecule has 0 saturated carbocycles. The number of amides is 1. The van der Waals surface area contributed by atoms with Crippen LogP contribution in [-0.4, -0.2) is 37.0 Å². The van der Waals surface area contributed by atoms with Gasteiger partial charge in [-0.15, -0.1) is 0 Å². The quantitative estimate of drug-likeness (QED) is 0.834. The molecule has 0 atom stereocenters. The lowest BCUT2D eigenvalue weighted by atomic mass is 9.96. The minimum absolute atomic E-state index is 0.308. The normalized spacial score (nSPS) is 16.0. The van der Waals surface area contributed by atoms with Gasteiger partial charge < -0.3 is 10.2 Å². The van der Waals surface area contributed by atoms with E-state index in [1.807, 2.05) is 4.90 Å². The van der Waals surface area contributed by atoms with Gasteiger partial charge in [-0.2, -0.15) is 0 Å². The SMILES string of the molecule is CCNCC1CCN(C(=O)CCc2ccc(Br)c(C)c2)CC1. The molecule has 4 heteroatoms. The smallest absolute Gasteiger partial charge is 0.222 e. The summed E-state index contributed by atoms with van der Waals surface area (Å²) in [6, 6.07) is 6.34. The summed E-state index contributed by atoms with van der Waals surface area (Å²) in [4.78, 5) is 14.4. The Morgan fingerprint density at radius 1 is 1.36 bits per heavy atom. The number of hydrogen-bond acceptors (Lipinski definition) is 2. The molecule has 1 N–H and O–H groups in total. The minimum Gasteiger partial charge on any atom is -0.343 e. The second kappa shape index (κ2) is 8.68. The Labute approximate surface area is 142 Å². The average molecular weight is 367 g/mol. The fourth-order valence-corrected chi connectivity index (χ4v) is 3.25. The number of carbonyl (C=O) groups excluding carboxylic acids is 1. The Bertz CT molecular complexity index is 496. The van der Waals surface area contributed by atoms with Crippen molar-refractivity contribution in [3.05, 3.63) is 33.8 Å². The van der Waals surface area contributed by atoms with E-state index in [1.54, 1.807) is 0 Å². The molecule has 1 aromatic carbocycles. The van der Waals surface area contributed by atoms with E-state index in [-0.39, 0.29) is 0 Å². The number of rotatable bonds is 6. The summed E-state index contributed by atoms with van der Waals surface area (Å²) in [6.07, 6.45) is 3.73. The van der Waals surface area contributed by atoms with Gasteiger partial charge in [0.2, 0.25) is 5.91 Å². The summed E-state index contributed by atoms with van der Waals surface area (Å²) >= 11 is 3.52. The number of benzene rings is 1. The molecule has 1 saturated heterocycles. The van der Waals surface area contributed by atoms with Crippen LogP contribution in [0.5, 0.6) is 0 Å². The molecule has 1 aliphatic heterocycles. The molecule has 0 radical (unpaired) electrons. The maximum Gasteiger partial charge on any atom is 0.222 e. The monoisotopic (exact) mass is 366 g/mol. The first-order chi connectivity index (χ1) is 10.6. The van der Waals surface area contributed by atoms with Crippen LogP contribution in [0.2, 0.25) is 0 Å². The topological polar surface area (TPSA) is 32.3 Å². The molecule has 0 spiro atoms. The molecular formula is C18H27BrN2O. The van der Waals surface area contributed by atoms with Gasteiger partial charge in [-0.3, -0.25) is 4.79 Å². The van der Waals surface area contributed by atoms with Crippen LogP contribution < -0.4 is 5.32 Å². The maximum absolute atomic E-state index is 12.3. The standard InChI is InChI=1S/C18H27BrN2O/c1-3-20-13-16-8-10-21(11-9-16)18(22)7-5-15-4-6-17(19)14(2)12-15/h4,6,12,16,20H,3,5,7-11,13H2,1-2H3. The minimum atomic E-state index is 0.308. The van der Waals surface area contributed by atoms with Crippen molar-refractivity contribution >= 4 is 21.8 Å². The summed E-state index contributed by atoms with van der Waals surface area (Å²) in [7, 11) is 0. The summed E-state index contributed by atoms with van der Waals surface area (Å²) in [6.45, 7) is 8.21. The molecule has 1 fully saturated rings. The Morgan fingerprint density at radius 3 is 2.73 bits per heavy atom. The number of piperidine rings is 1. The predicted octanol–water partition coefficient (Wildman–Crippen LogP) is 3.54. The van der Waals surface area contributed by atoms with Crippen molar-refractivity contribution in [3.63, 3.8) is 0 Å². The first kappa shape index (κ1) is 17.5. The predicted molar refractivity (Wildman–Crippen MR) is 95.0 cm³/mol. The summed E-state index contributed by atoms with van der Waals surface area (Å²) in [5.41, 5.74) is 2.48. The van der Waals surface area contributed by atoms with E-state index in [4.69, 9.17) is 0 Å². The van der Waals surface area contributed by atoms with Crippen LogP contribution in [0.15, 0.2) is 22.7 Å². The van der Waals surface area contributed by atoms with Gasteiger partial charge in [-0.25, -0.2) is 0 Å². The van der Waals surface area contributed by atoms with Gasteiger partial charge >= 0.3 is 0 Å². The lowest BCUT2D eigenvalue weighted by Crippen LogP contribution is -2.40. The van der Waals surface area contributed by atoms with Crippen molar-refractivity contribution in [2.24, 2.45) is 5.92 Å². The van der Waals surface area contributed by atoms with Crippen LogP contribution >= 0.6 is 15.9 Å². The second-order valence-electron chi connectivity index (χ2n) is 6.22. The Hall–Kier alpha value is -0.870. The number of halogens is 1. The molecule has 122 valence electrons. The van der Waals surface area contributed by atoms with Crippen molar-refractivity contribution in [2.45, 2.75) is 39.5 Å².